The van der Waals surface area contributed by atoms with Crippen molar-refractivity contribution in [3.05, 3.63) is 66.1 Å². The molecule has 0 saturated carbocycles. The lowest BCUT2D eigenvalue weighted by molar-refractivity contribution is -0.117. The maximum Gasteiger partial charge on any atom is 0.258 e. The number of anilines is 1. The fraction of sp³-hybridized carbons (Fsp3) is 0.150. The molecule has 0 spiro atoms. The number of benzene rings is 2. The predicted octanol–water partition coefficient (Wildman–Crippen LogP) is 4.02. The normalized spacial score (nSPS) is 17.0. The fourth-order valence-corrected chi connectivity index (χ4v) is 3.56. The van der Waals surface area contributed by atoms with E-state index in [1.165, 1.54) is 11.0 Å². The largest absolute Gasteiger partial charge is 0.361 e. The first-order chi connectivity index (χ1) is 13.6. The summed E-state index contributed by atoms with van der Waals surface area (Å²) >= 11 is 0. The number of hydrogen-bond donors (Lipinski definition) is 1. The lowest BCUT2D eigenvalue weighted by Gasteiger charge is -2.16. The minimum absolute atomic E-state index is 0.173. The maximum absolute atomic E-state index is 13.5. The van der Waals surface area contributed by atoms with E-state index < -0.39 is 11.6 Å². The van der Waals surface area contributed by atoms with Crippen molar-refractivity contribution in [2.45, 2.75) is 12.3 Å². The van der Waals surface area contributed by atoms with Crippen LogP contribution in [-0.4, -0.2) is 27.6 Å². The SMILES string of the molecule is O=C1CC(c2noc(-c3cccc4[nH]ccc34)n2)CN1c1ccc(F)c(F)c1. The van der Waals surface area contributed by atoms with Gasteiger partial charge in [-0.2, -0.15) is 4.98 Å². The van der Waals surface area contributed by atoms with E-state index in [0.29, 0.717) is 17.4 Å². The molecule has 2 aromatic heterocycles. The molecule has 0 bridgehead atoms. The van der Waals surface area contributed by atoms with E-state index in [1.807, 2.05) is 30.5 Å². The van der Waals surface area contributed by atoms with Gasteiger partial charge in [0.2, 0.25) is 5.91 Å². The average molecular weight is 380 g/mol. The van der Waals surface area contributed by atoms with Gasteiger partial charge in [-0.15, -0.1) is 0 Å². The van der Waals surface area contributed by atoms with E-state index in [4.69, 9.17) is 4.52 Å². The van der Waals surface area contributed by atoms with Crippen LogP contribution in [0.25, 0.3) is 22.4 Å². The second kappa shape index (κ2) is 6.26. The van der Waals surface area contributed by atoms with Crippen LogP contribution < -0.4 is 4.90 Å². The molecular formula is C20H14F2N4O2. The molecule has 4 aromatic rings. The summed E-state index contributed by atoms with van der Waals surface area (Å²) < 4.78 is 32.1. The number of carbonyl (C=O) groups is 1. The number of aromatic amines is 1. The van der Waals surface area contributed by atoms with Crippen molar-refractivity contribution < 1.29 is 18.1 Å². The topological polar surface area (TPSA) is 75.0 Å². The third-order valence-corrected chi connectivity index (χ3v) is 4.97. The molecule has 8 heteroatoms. The Kier molecular flexibility index (Phi) is 3.71. The van der Waals surface area contributed by atoms with Crippen molar-refractivity contribution in [3.8, 4) is 11.5 Å². The van der Waals surface area contributed by atoms with Gasteiger partial charge in [-0.3, -0.25) is 4.79 Å². The van der Waals surface area contributed by atoms with Gasteiger partial charge in [-0.05, 0) is 30.3 Å². The number of hydrogen-bond acceptors (Lipinski definition) is 4. The average Bonchev–Trinajstić information content (AvgIpc) is 3.42. The van der Waals surface area contributed by atoms with Crippen molar-refractivity contribution in [1.82, 2.24) is 15.1 Å². The summed E-state index contributed by atoms with van der Waals surface area (Å²) in [6, 6.07) is 11.1. The van der Waals surface area contributed by atoms with Gasteiger partial charge in [0.25, 0.3) is 5.89 Å². The van der Waals surface area contributed by atoms with Crippen molar-refractivity contribution in [3.63, 3.8) is 0 Å². The van der Waals surface area contributed by atoms with Gasteiger partial charge in [0.15, 0.2) is 17.5 Å². The third kappa shape index (κ3) is 2.65. The Labute approximate surface area is 157 Å². The maximum atomic E-state index is 13.5. The summed E-state index contributed by atoms with van der Waals surface area (Å²) in [5, 5.41) is 5.01. The molecule has 1 N–H and O–H groups in total. The van der Waals surface area contributed by atoms with Crippen molar-refractivity contribution in [2.75, 3.05) is 11.4 Å². The molecule has 0 aliphatic carbocycles. The minimum Gasteiger partial charge on any atom is -0.361 e. The third-order valence-electron chi connectivity index (χ3n) is 4.97. The second-order valence-corrected chi connectivity index (χ2v) is 6.71. The smallest absolute Gasteiger partial charge is 0.258 e. The molecule has 28 heavy (non-hydrogen) atoms. The van der Waals surface area contributed by atoms with Crippen LogP contribution >= 0.6 is 0 Å². The van der Waals surface area contributed by atoms with Crippen LogP contribution in [0, 0.1) is 11.6 Å². The zero-order chi connectivity index (χ0) is 19.3. The Bertz CT molecular complexity index is 1200. The lowest BCUT2D eigenvalue weighted by Crippen LogP contribution is -2.24. The van der Waals surface area contributed by atoms with Crippen LogP contribution in [0.3, 0.4) is 0 Å². The first-order valence-corrected chi connectivity index (χ1v) is 8.75. The summed E-state index contributed by atoms with van der Waals surface area (Å²) in [4.78, 5) is 21.4. The lowest BCUT2D eigenvalue weighted by atomic mass is 10.1. The number of fused-ring (bicyclic) bond motifs is 1. The second-order valence-electron chi connectivity index (χ2n) is 6.71. The number of nitrogens with zero attached hydrogens (tertiary/aromatic N) is 3. The van der Waals surface area contributed by atoms with Crippen LogP contribution in [0.15, 0.2) is 53.2 Å². The summed E-state index contributed by atoms with van der Waals surface area (Å²) in [5.74, 6) is -1.64. The van der Waals surface area contributed by atoms with Gasteiger partial charge in [0.1, 0.15) is 0 Å². The van der Waals surface area contributed by atoms with Gasteiger partial charge < -0.3 is 14.4 Å². The first kappa shape index (κ1) is 16.6. The summed E-state index contributed by atoms with van der Waals surface area (Å²) in [5.41, 5.74) is 2.07. The molecule has 1 aliphatic heterocycles. The van der Waals surface area contributed by atoms with Gasteiger partial charge in [0, 0.05) is 53.3 Å². The quantitative estimate of drug-likeness (QED) is 0.583. The fourth-order valence-electron chi connectivity index (χ4n) is 3.56. The van der Waals surface area contributed by atoms with Crippen LogP contribution in [0.1, 0.15) is 18.2 Å². The Hall–Kier alpha value is -3.55. The van der Waals surface area contributed by atoms with Gasteiger partial charge in [-0.1, -0.05) is 11.2 Å². The molecule has 3 heterocycles. The molecule has 1 fully saturated rings. The number of aromatic nitrogens is 3. The van der Waals surface area contributed by atoms with Crippen LogP contribution in [0.4, 0.5) is 14.5 Å². The van der Waals surface area contributed by atoms with E-state index in [1.54, 1.807) is 0 Å². The van der Waals surface area contributed by atoms with Crippen LogP contribution in [-0.2, 0) is 4.79 Å². The monoisotopic (exact) mass is 380 g/mol. The highest BCUT2D eigenvalue weighted by Crippen LogP contribution is 2.33. The first-order valence-electron chi connectivity index (χ1n) is 8.75. The summed E-state index contributed by atoms with van der Waals surface area (Å²) in [6.07, 6.45) is 2.01. The van der Waals surface area contributed by atoms with E-state index >= 15 is 0 Å². The van der Waals surface area contributed by atoms with Crippen molar-refractivity contribution in [1.29, 1.82) is 0 Å². The number of H-pyrrole nitrogens is 1. The molecule has 140 valence electrons. The van der Waals surface area contributed by atoms with E-state index in [0.717, 1.165) is 28.6 Å². The number of nitrogens with one attached hydrogen (secondary N) is 1. The number of amides is 1. The highest BCUT2D eigenvalue weighted by Gasteiger charge is 2.35. The molecule has 1 atom stereocenters. The molecule has 6 nitrogen and oxygen atoms in total. The molecule has 5 rings (SSSR count). The van der Waals surface area contributed by atoms with Gasteiger partial charge in [-0.25, -0.2) is 8.78 Å². The van der Waals surface area contributed by atoms with E-state index in [-0.39, 0.29) is 24.8 Å². The molecule has 1 unspecified atom stereocenters. The zero-order valence-corrected chi connectivity index (χ0v) is 14.5. The van der Waals surface area contributed by atoms with Crippen LogP contribution in [0.2, 0.25) is 0 Å². The zero-order valence-electron chi connectivity index (χ0n) is 14.5. The Morgan fingerprint density at radius 3 is 2.89 bits per heavy atom. The Morgan fingerprint density at radius 1 is 1.14 bits per heavy atom. The molecule has 1 saturated heterocycles. The molecule has 2 aromatic carbocycles. The number of carbonyl (C=O) groups excluding carboxylic acids is 1. The molecule has 1 amide bonds. The van der Waals surface area contributed by atoms with Crippen molar-refractivity contribution in [2.24, 2.45) is 0 Å². The Morgan fingerprint density at radius 2 is 2.04 bits per heavy atom. The minimum atomic E-state index is -0.991. The highest BCUT2D eigenvalue weighted by atomic mass is 19.2. The number of halogens is 2. The van der Waals surface area contributed by atoms with E-state index in [2.05, 4.69) is 15.1 Å². The number of rotatable bonds is 3. The van der Waals surface area contributed by atoms with E-state index in [9.17, 15) is 13.6 Å². The molecule has 1 aliphatic rings. The summed E-state index contributed by atoms with van der Waals surface area (Å²) in [6.45, 7) is 0.275. The Balaban J connectivity index is 1.43. The van der Waals surface area contributed by atoms with Crippen LogP contribution in [0.5, 0.6) is 0 Å². The summed E-state index contributed by atoms with van der Waals surface area (Å²) in [7, 11) is 0. The van der Waals surface area contributed by atoms with Gasteiger partial charge in [0.05, 0.1) is 0 Å². The highest BCUT2D eigenvalue weighted by molar-refractivity contribution is 5.96. The van der Waals surface area contributed by atoms with Gasteiger partial charge >= 0.3 is 0 Å². The molecular weight excluding hydrogens is 366 g/mol. The predicted molar refractivity (Wildman–Crippen MR) is 97.7 cm³/mol. The standard InChI is InChI=1S/C20H14F2N4O2/c21-15-5-4-12(9-16(15)22)26-10-11(8-18(26)27)19-24-20(28-25-19)14-2-1-3-17-13(14)6-7-23-17/h1-7,9,11,23H,8,10H2. The molecule has 0 radical (unpaired) electrons. The van der Waals surface area contributed by atoms with Crippen molar-refractivity contribution >= 4 is 22.5 Å².